The number of carbonyl (C=O) groups is 1. The van der Waals surface area contributed by atoms with E-state index >= 15 is 0 Å². The Kier molecular flexibility index (Phi) is 8.43. The molecule has 32 heavy (non-hydrogen) atoms. The van der Waals surface area contributed by atoms with Gasteiger partial charge in [0, 0.05) is 19.1 Å². The van der Waals surface area contributed by atoms with Crippen LogP contribution in [0, 0.1) is 5.92 Å². The lowest BCUT2D eigenvalue weighted by Crippen LogP contribution is -2.57. The number of nitrogens with zero attached hydrogens (tertiary/aromatic N) is 1. The molecular formula is C24H39Cl2NO4Si. The van der Waals surface area contributed by atoms with Gasteiger partial charge >= 0.3 is 6.09 Å². The molecule has 1 aromatic rings. The molecule has 1 unspecified atom stereocenters. The topological polar surface area (TPSA) is 48.0 Å². The lowest BCUT2D eigenvalue weighted by Gasteiger charge is -2.47. The standard InChI is InChI=1S/C24H39Cl2NO4Si/c1-17(15-30-32(8,9)23(5,6)7)24(18-10-11-19(25)20(26)14-18)16-27(12-13-29-24)21(28)31-22(2,3)4/h10-11,14,17H,12-13,15-16H2,1-9H3/t17-,24?/m1/s1. The molecule has 0 spiro atoms. The van der Waals surface area contributed by atoms with Crippen molar-refractivity contribution in [3.05, 3.63) is 33.8 Å². The van der Waals surface area contributed by atoms with E-state index in [1.165, 1.54) is 0 Å². The Balaban J connectivity index is 2.39. The number of ether oxygens (including phenoxy) is 2. The zero-order valence-corrected chi connectivity index (χ0v) is 23.5. The van der Waals surface area contributed by atoms with Crippen LogP contribution in [0.1, 0.15) is 54.0 Å². The van der Waals surface area contributed by atoms with Gasteiger partial charge in [-0.1, -0.05) is 57.0 Å². The third kappa shape index (κ3) is 6.41. The van der Waals surface area contributed by atoms with Crippen molar-refractivity contribution >= 4 is 37.6 Å². The molecule has 1 aromatic carbocycles. The van der Waals surface area contributed by atoms with Gasteiger partial charge in [-0.25, -0.2) is 4.79 Å². The summed E-state index contributed by atoms with van der Waals surface area (Å²) in [7, 11) is -1.96. The Bertz CT molecular complexity index is 819. The lowest BCUT2D eigenvalue weighted by atomic mass is 9.81. The van der Waals surface area contributed by atoms with Crippen LogP contribution in [0.25, 0.3) is 0 Å². The second-order valence-electron chi connectivity index (χ2n) is 11.2. The van der Waals surface area contributed by atoms with E-state index in [4.69, 9.17) is 37.1 Å². The van der Waals surface area contributed by atoms with E-state index in [2.05, 4.69) is 40.8 Å². The first-order valence-corrected chi connectivity index (χ1v) is 14.9. The number of hydrogen-bond acceptors (Lipinski definition) is 4. The number of amides is 1. The van der Waals surface area contributed by atoms with Gasteiger partial charge in [0.15, 0.2) is 8.32 Å². The zero-order valence-electron chi connectivity index (χ0n) is 21.0. The third-order valence-electron chi connectivity index (χ3n) is 6.50. The van der Waals surface area contributed by atoms with Gasteiger partial charge in [0.2, 0.25) is 0 Å². The van der Waals surface area contributed by atoms with Gasteiger partial charge in [0.1, 0.15) is 11.2 Å². The number of benzene rings is 1. The normalized spacial score (nSPS) is 21.4. The molecule has 1 aliphatic heterocycles. The summed E-state index contributed by atoms with van der Waals surface area (Å²) >= 11 is 12.6. The molecule has 1 fully saturated rings. The summed E-state index contributed by atoms with van der Waals surface area (Å²) in [6.07, 6.45) is -0.345. The van der Waals surface area contributed by atoms with Crippen molar-refractivity contribution in [1.29, 1.82) is 0 Å². The van der Waals surface area contributed by atoms with Crippen LogP contribution >= 0.6 is 23.2 Å². The zero-order chi connectivity index (χ0) is 24.5. The van der Waals surface area contributed by atoms with Crippen LogP contribution in [0.2, 0.25) is 28.2 Å². The maximum absolute atomic E-state index is 12.9. The van der Waals surface area contributed by atoms with E-state index in [1.54, 1.807) is 11.0 Å². The van der Waals surface area contributed by atoms with E-state index in [1.807, 2.05) is 32.9 Å². The van der Waals surface area contributed by atoms with Gasteiger partial charge in [-0.2, -0.15) is 0 Å². The number of halogens is 2. The van der Waals surface area contributed by atoms with Crippen molar-refractivity contribution in [2.75, 3.05) is 26.3 Å². The monoisotopic (exact) mass is 503 g/mol. The highest BCUT2D eigenvalue weighted by atomic mass is 35.5. The number of rotatable bonds is 5. The Morgan fingerprint density at radius 2 is 1.81 bits per heavy atom. The highest BCUT2D eigenvalue weighted by Crippen LogP contribution is 2.42. The fourth-order valence-corrected chi connectivity index (χ4v) is 4.83. The molecule has 182 valence electrons. The molecular weight excluding hydrogens is 465 g/mol. The fourth-order valence-electron chi connectivity index (χ4n) is 3.43. The van der Waals surface area contributed by atoms with Crippen LogP contribution in [-0.4, -0.2) is 51.2 Å². The average molecular weight is 505 g/mol. The second kappa shape index (κ2) is 9.83. The second-order valence-corrected chi connectivity index (χ2v) is 16.9. The highest BCUT2D eigenvalue weighted by Gasteiger charge is 2.47. The first kappa shape index (κ1) is 27.5. The molecule has 2 atom stereocenters. The molecule has 1 heterocycles. The van der Waals surface area contributed by atoms with Crippen molar-refractivity contribution in [3.8, 4) is 0 Å². The molecule has 8 heteroatoms. The number of morpholine rings is 1. The van der Waals surface area contributed by atoms with E-state index in [-0.39, 0.29) is 17.0 Å². The van der Waals surface area contributed by atoms with Crippen LogP contribution in [0.5, 0.6) is 0 Å². The van der Waals surface area contributed by atoms with Crippen molar-refractivity contribution in [2.24, 2.45) is 5.92 Å². The smallest absolute Gasteiger partial charge is 0.410 e. The van der Waals surface area contributed by atoms with Crippen LogP contribution in [0.3, 0.4) is 0 Å². The maximum atomic E-state index is 12.9. The molecule has 0 saturated carbocycles. The van der Waals surface area contributed by atoms with Crippen LogP contribution < -0.4 is 0 Å². The van der Waals surface area contributed by atoms with Gasteiger partial charge < -0.3 is 18.8 Å². The number of hydrogen-bond donors (Lipinski definition) is 0. The average Bonchev–Trinajstić information content (AvgIpc) is 2.66. The molecule has 0 bridgehead atoms. The van der Waals surface area contributed by atoms with Crippen molar-refractivity contribution in [2.45, 2.75) is 77.8 Å². The lowest BCUT2D eigenvalue weighted by molar-refractivity contribution is -0.148. The molecule has 1 saturated heterocycles. The molecule has 0 aliphatic carbocycles. The predicted molar refractivity (Wildman–Crippen MR) is 134 cm³/mol. The minimum atomic E-state index is -1.96. The van der Waals surface area contributed by atoms with Gasteiger partial charge in [-0.3, -0.25) is 0 Å². The minimum absolute atomic E-state index is 0.0425. The predicted octanol–water partition coefficient (Wildman–Crippen LogP) is 7.11. The van der Waals surface area contributed by atoms with Crippen molar-refractivity contribution < 1.29 is 18.7 Å². The van der Waals surface area contributed by atoms with E-state index in [0.29, 0.717) is 36.3 Å². The summed E-state index contributed by atoms with van der Waals surface area (Å²) in [4.78, 5) is 14.6. The van der Waals surface area contributed by atoms with E-state index in [0.717, 1.165) is 5.56 Å². The number of carbonyl (C=O) groups excluding carboxylic acids is 1. The van der Waals surface area contributed by atoms with E-state index in [9.17, 15) is 4.79 Å². The molecule has 5 nitrogen and oxygen atoms in total. The summed E-state index contributed by atoms with van der Waals surface area (Å²) in [6.45, 7) is 20.6. The summed E-state index contributed by atoms with van der Waals surface area (Å²) < 4.78 is 18.7. The van der Waals surface area contributed by atoms with Crippen LogP contribution in [0.15, 0.2) is 18.2 Å². The summed E-state index contributed by atoms with van der Waals surface area (Å²) in [5, 5.41) is 1.04. The maximum Gasteiger partial charge on any atom is 0.410 e. The highest BCUT2D eigenvalue weighted by molar-refractivity contribution is 6.74. The fraction of sp³-hybridized carbons (Fsp3) is 0.708. The summed E-state index contributed by atoms with van der Waals surface area (Å²) in [5.74, 6) is -0.0425. The first-order chi connectivity index (χ1) is 14.5. The summed E-state index contributed by atoms with van der Waals surface area (Å²) in [6, 6.07) is 5.54. The third-order valence-corrected chi connectivity index (χ3v) is 11.7. The van der Waals surface area contributed by atoms with Crippen molar-refractivity contribution in [3.63, 3.8) is 0 Å². The Morgan fingerprint density at radius 1 is 1.19 bits per heavy atom. The van der Waals surface area contributed by atoms with Gasteiger partial charge in [0.05, 0.1) is 23.2 Å². The first-order valence-electron chi connectivity index (χ1n) is 11.2. The quantitative estimate of drug-likeness (QED) is 0.401. The van der Waals surface area contributed by atoms with Gasteiger partial charge in [-0.15, -0.1) is 0 Å². The largest absolute Gasteiger partial charge is 0.444 e. The Labute approximate surface area is 204 Å². The SMILES string of the molecule is C[C@H](CO[Si](C)(C)C(C)(C)C)C1(c2ccc(Cl)c(Cl)c2)CN(C(=O)OC(C)(C)C)CCO1. The molecule has 1 amide bonds. The molecule has 0 aromatic heterocycles. The van der Waals surface area contributed by atoms with Gasteiger partial charge in [0.25, 0.3) is 0 Å². The molecule has 1 aliphatic rings. The molecule has 0 N–H and O–H groups in total. The summed E-state index contributed by atoms with van der Waals surface area (Å²) in [5.41, 5.74) is -0.476. The van der Waals surface area contributed by atoms with E-state index < -0.39 is 19.5 Å². The Hall–Kier alpha value is -0.793. The molecule has 2 rings (SSSR count). The minimum Gasteiger partial charge on any atom is -0.444 e. The van der Waals surface area contributed by atoms with Crippen LogP contribution in [0.4, 0.5) is 4.79 Å². The van der Waals surface area contributed by atoms with Gasteiger partial charge in [-0.05, 0) is 56.6 Å². The van der Waals surface area contributed by atoms with Crippen molar-refractivity contribution in [1.82, 2.24) is 4.90 Å². The molecule has 0 radical (unpaired) electrons. The van der Waals surface area contributed by atoms with Crippen LogP contribution in [-0.2, 0) is 19.5 Å². The Morgan fingerprint density at radius 3 is 2.34 bits per heavy atom.